The molecule has 0 aliphatic carbocycles. The van der Waals surface area contributed by atoms with E-state index in [-0.39, 0.29) is 6.04 Å². The summed E-state index contributed by atoms with van der Waals surface area (Å²) >= 11 is 1.64. The Morgan fingerprint density at radius 2 is 1.94 bits per heavy atom. The van der Waals surface area contributed by atoms with Crippen LogP contribution in [0.5, 0.6) is 0 Å². The molecular formula is C11H13FN4S. The molecule has 0 aliphatic rings. The quantitative estimate of drug-likeness (QED) is 0.912. The molecule has 0 bridgehead atoms. The van der Waals surface area contributed by atoms with Gasteiger partial charge in [0, 0.05) is 4.88 Å². The standard InChI is InChI=1S/C11H13FN4S/c1-6-10(17-8(3)15-6)7(2)16-11-13-4-9(12)5-14-11/h4-5,7H,1-3H3,(H,13,14,16). The van der Waals surface area contributed by atoms with E-state index >= 15 is 0 Å². The monoisotopic (exact) mass is 252 g/mol. The molecule has 90 valence electrons. The van der Waals surface area contributed by atoms with Crippen LogP contribution in [-0.4, -0.2) is 15.0 Å². The second kappa shape index (κ2) is 4.75. The molecule has 2 aromatic heterocycles. The van der Waals surface area contributed by atoms with Crippen molar-refractivity contribution in [3.05, 3.63) is 33.8 Å². The zero-order valence-electron chi connectivity index (χ0n) is 9.86. The first-order valence-corrected chi connectivity index (χ1v) is 6.06. The van der Waals surface area contributed by atoms with Gasteiger partial charge in [-0.25, -0.2) is 19.3 Å². The third-order valence-electron chi connectivity index (χ3n) is 2.30. The molecule has 0 radical (unpaired) electrons. The summed E-state index contributed by atoms with van der Waals surface area (Å²) in [5.41, 5.74) is 1.01. The first-order valence-electron chi connectivity index (χ1n) is 5.24. The zero-order chi connectivity index (χ0) is 12.4. The van der Waals surface area contributed by atoms with Crippen molar-refractivity contribution in [2.45, 2.75) is 26.8 Å². The summed E-state index contributed by atoms with van der Waals surface area (Å²) in [6.07, 6.45) is 2.29. The number of halogens is 1. The fourth-order valence-corrected chi connectivity index (χ4v) is 2.52. The Bertz CT molecular complexity index is 509. The van der Waals surface area contributed by atoms with Gasteiger partial charge in [-0.2, -0.15) is 0 Å². The second-order valence-corrected chi connectivity index (χ2v) is 5.01. The van der Waals surface area contributed by atoms with Crippen LogP contribution < -0.4 is 5.32 Å². The van der Waals surface area contributed by atoms with E-state index in [0.29, 0.717) is 5.95 Å². The van der Waals surface area contributed by atoms with Gasteiger partial charge >= 0.3 is 0 Å². The number of rotatable bonds is 3. The van der Waals surface area contributed by atoms with E-state index in [2.05, 4.69) is 20.3 Å². The second-order valence-electron chi connectivity index (χ2n) is 3.77. The molecule has 2 aromatic rings. The Morgan fingerprint density at radius 3 is 2.47 bits per heavy atom. The minimum Gasteiger partial charge on any atom is -0.347 e. The molecule has 0 amide bonds. The van der Waals surface area contributed by atoms with Crippen molar-refractivity contribution in [2.24, 2.45) is 0 Å². The van der Waals surface area contributed by atoms with Gasteiger partial charge in [-0.05, 0) is 20.8 Å². The first-order chi connectivity index (χ1) is 8.06. The van der Waals surface area contributed by atoms with Crippen LogP contribution >= 0.6 is 11.3 Å². The first kappa shape index (κ1) is 11.9. The number of thiazole rings is 1. The van der Waals surface area contributed by atoms with Gasteiger partial charge in [0.1, 0.15) is 0 Å². The van der Waals surface area contributed by atoms with E-state index < -0.39 is 5.82 Å². The van der Waals surface area contributed by atoms with Gasteiger partial charge in [0.2, 0.25) is 5.95 Å². The van der Waals surface area contributed by atoms with Gasteiger partial charge < -0.3 is 5.32 Å². The molecule has 4 nitrogen and oxygen atoms in total. The van der Waals surface area contributed by atoms with Gasteiger partial charge in [0.15, 0.2) is 5.82 Å². The number of nitrogens with zero attached hydrogens (tertiary/aromatic N) is 3. The maximum Gasteiger partial charge on any atom is 0.223 e. The molecule has 0 fully saturated rings. The molecule has 6 heteroatoms. The summed E-state index contributed by atoms with van der Waals surface area (Å²) in [4.78, 5) is 13.2. The van der Waals surface area contributed by atoms with Gasteiger partial charge in [-0.1, -0.05) is 0 Å². The van der Waals surface area contributed by atoms with E-state index in [9.17, 15) is 4.39 Å². The predicted octanol–water partition coefficient (Wildman–Crippen LogP) is 2.86. The van der Waals surface area contributed by atoms with Gasteiger partial charge in [0.25, 0.3) is 0 Å². The van der Waals surface area contributed by atoms with E-state index in [0.717, 1.165) is 28.0 Å². The summed E-state index contributed by atoms with van der Waals surface area (Å²) in [5, 5.41) is 4.15. The lowest BCUT2D eigenvalue weighted by atomic mass is 10.2. The smallest absolute Gasteiger partial charge is 0.223 e. The molecule has 0 aromatic carbocycles. The van der Waals surface area contributed by atoms with Crippen molar-refractivity contribution in [3.63, 3.8) is 0 Å². The largest absolute Gasteiger partial charge is 0.347 e. The molecule has 0 saturated heterocycles. The average molecular weight is 252 g/mol. The van der Waals surface area contributed by atoms with Crippen molar-refractivity contribution in [3.8, 4) is 0 Å². The molecule has 1 unspecified atom stereocenters. The highest BCUT2D eigenvalue weighted by Gasteiger charge is 2.13. The van der Waals surface area contributed by atoms with Crippen LogP contribution in [0.15, 0.2) is 12.4 Å². The van der Waals surface area contributed by atoms with Crippen molar-refractivity contribution in [2.75, 3.05) is 5.32 Å². The Labute approximate surface area is 103 Å². The Hall–Kier alpha value is -1.56. The lowest BCUT2D eigenvalue weighted by Gasteiger charge is -2.12. The molecule has 0 saturated carbocycles. The number of nitrogens with one attached hydrogen (secondary N) is 1. The van der Waals surface area contributed by atoms with Crippen LogP contribution in [0.1, 0.15) is 28.5 Å². The van der Waals surface area contributed by atoms with Crippen molar-refractivity contribution < 1.29 is 4.39 Å². The van der Waals surface area contributed by atoms with E-state index in [1.807, 2.05) is 20.8 Å². The molecule has 0 spiro atoms. The van der Waals surface area contributed by atoms with E-state index in [1.54, 1.807) is 11.3 Å². The molecule has 17 heavy (non-hydrogen) atoms. The normalized spacial score (nSPS) is 12.5. The topological polar surface area (TPSA) is 50.7 Å². The highest BCUT2D eigenvalue weighted by Crippen LogP contribution is 2.26. The van der Waals surface area contributed by atoms with Gasteiger partial charge in [-0.15, -0.1) is 11.3 Å². The Kier molecular flexibility index (Phi) is 3.33. The van der Waals surface area contributed by atoms with Gasteiger partial charge in [0.05, 0.1) is 29.1 Å². The van der Waals surface area contributed by atoms with Crippen molar-refractivity contribution in [1.29, 1.82) is 0 Å². The molecule has 2 heterocycles. The molecule has 1 atom stereocenters. The molecule has 2 rings (SSSR count). The summed E-state index contributed by atoms with van der Waals surface area (Å²) in [7, 11) is 0. The number of hydrogen-bond acceptors (Lipinski definition) is 5. The molecule has 0 aliphatic heterocycles. The van der Waals surface area contributed by atoms with E-state index in [1.165, 1.54) is 0 Å². The van der Waals surface area contributed by atoms with Crippen LogP contribution in [0.2, 0.25) is 0 Å². The number of hydrogen-bond donors (Lipinski definition) is 1. The number of aryl methyl sites for hydroxylation is 2. The maximum absolute atomic E-state index is 12.7. The minimum atomic E-state index is -0.437. The molecule has 1 N–H and O–H groups in total. The molecular weight excluding hydrogens is 239 g/mol. The predicted molar refractivity (Wildman–Crippen MR) is 65.6 cm³/mol. The van der Waals surface area contributed by atoms with Crippen LogP contribution in [0.25, 0.3) is 0 Å². The summed E-state index contributed by atoms with van der Waals surface area (Å²) < 4.78 is 12.7. The third-order valence-corrected chi connectivity index (χ3v) is 3.55. The van der Waals surface area contributed by atoms with Crippen LogP contribution in [-0.2, 0) is 0 Å². The number of anilines is 1. The maximum atomic E-state index is 12.7. The summed E-state index contributed by atoms with van der Waals surface area (Å²) in [6.45, 7) is 5.96. The van der Waals surface area contributed by atoms with Crippen LogP contribution in [0.4, 0.5) is 10.3 Å². The summed E-state index contributed by atoms with van der Waals surface area (Å²) in [5.74, 6) is -0.0163. The lowest BCUT2D eigenvalue weighted by Crippen LogP contribution is -2.09. The fourth-order valence-electron chi connectivity index (χ4n) is 1.59. The Morgan fingerprint density at radius 1 is 1.29 bits per heavy atom. The van der Waals surface area contributed by atoms with Gasteiger partial charge in [-0.3, -0.25) is 0 Å². The highest BCUT2D eigenvalue weighted by molar-refractivity contribution is 7.11. The highest BCUT2D eigenvalue weighted by atomic mass is 32.1. The van der Waals surface area contributed by atoms with Crippen LogP contribution in [0.3, 0.4) is 0 Å². The zero-order valence-corrected chi connectivity index (χ0v) is 10.7. The number of aromatic nitrogens is 3. The van der Waals surface area contributed by atoms with E-state index in [4.69, 9.17) is 0 Å². The Balaban J connectivity index is 2.14. The minimum absolute atomic E-state index is 0.0617. The SMILES string of the molecule is Cc1nc(C)c(C(C)Nc2ncc(F)cn2)s1. The van der Waals surface area contributed by atoms with Crippen LogP contribution in [0, 0.1) is 19.7 Å². The fraction of sp³-hybridized carbons (Fsp3) is 0.364. The average Bonchev–Trinajstić information content (AvgIpc) is 2.61. The summed E-state index contributed by atoms with van der Waals surface area (Å²) in [6, 6.07) is 0.0617. The van der Waals surface area contributed by atoms with Crippen molar-refractivity contribution >= 4 is 17.3 Å². The third kappa shape index (κ3) is 2.76. The lowest BCUT2D eigenvalue weighted by molar-refractivity contribution is 0.613. The van der Waals surface area contributed by atoms with Crippen molar-refractivity contribution in [1.82, 2.24) is 15.0 Å².